The first kappa shape index (κ1) is 19.4. The molecule has 6 rings (SSSR count). The van der Waals surface area contributed by atoms with E-state index >= 15 is 0 Å². The third kappa shape index (κ3) is 3.35. The van der Waals surface area contributed by atoms with Gasteiger partial charge in [-0.25, -0.2) is 0 Å². The van der Waals surface area contributed by atoms with Gasteiger partial charge in [-0.05, 0) is 55.0 Å². The van der Waals surface area contributed by atoms with Crippen LogP contribution in [0.2, 0.25) is 0 Å². The molecule has 156 valence electrons. The monoisotopic (exact) mass is 423 g/mol. The molecule has 0 atom stereocenters. The van der Waals surface area contributed by atoms with Crippen molar-refractivity contribution in [3.63, 3.8) is 0 Å². The number of hydrogen-bond acceptors (Lipinski definition) is 6. The maximum Gasteiger partial charge on any atom is 0.134 e. The molecule has 2 N–H and O–H groups in total. The van der Waals surface area contributed by atoms with Crippen molar-refractivity contribution >= 4 is 16.6 Å². The molecule has 3 fully saturated rings. The molecule has 1 saturated carbocycles. The Morgan fingerprint density at radius 2 is 1.87 bits per heavy atom. The van der Waals surface area contributed by atoms with Gasteiger partial charge in [0.1, 0.15) is 18.2 Å². The first-order chi connectivity index (χ1) is 14.5. The van der Waals surface area contributed by atoms with Gasteiger partial charge < -0.3 is 9.64 Å². The maximum absolute atomic E-state index is 10.2. The highest BCUT2D eigenvalue weighted by molar-refractivity contribution is 8.23. The third-order valence-corrected chi connectivity index (χ3v) is 7.86. The van der Waals surface area contributed by atoms with Crippen LogP contribution in [-0.2, 0) is 0 Å². The summed E-state index contributed by atoms with van der Waals surface area (Å²) < 4.78 is 31.0. The SMILES string of the molecule is N#Cc1ccccc1-c1ccc(OCC23CCC(CC2)N2CCS(O)(O)N=C23)cc1. The largest absolute Gasteiger partial charge is 0.493 e. The van der Waals surface area contributed by atoms with Gasteiger partial charge in [0.25, 0.3) is 0 Å². The van der Waals surface area contributed by atoms with Crippen molar-refractivity contribution in [2.75, 3.05) is 18.9 Å². The Morgan fingerprint density at radius 1 is 1.13 bits per heavy atom. The first-order valence-electron chi connectivity index (χ1n) is 10.4. The Labute approximate surface area is 178 Å². The Hall–Kier alpha value is -2.53. The molecule has 30 heavy (non-hydrogen) atoms. The zero-order valence-electron chi connectivity index (χ0n) is 16.7. The zero-order chi connectivity index (χ0) is 20.8. The lowest BCUT2D eigenvalue weighted by atomic mass is 9.67. The van der Waals surface area contributed by atoms with E-state index < -0.39 is 10.8 Å². The molecule has 3 aliphatic heterocycles. The van der Waals surface area contributed by atoms with Crippen molar-refractivity contribution in [2.24, 2.45) is 9.81 Å². The maximum atomic E-state index is 10.2. The summed E-state index contributed by atoms with van der Waals surface area (Å²) in [5.74, 6) is 1.94. The second-order valence-electron chi connectivity index (χ2n) is 8.43. The molecule has 0 spiro atoms. The van der Waals surface area contributed by atoms with E-state index in [-0.39, 0.29) is 5.41 Å². The van der Waals surface area contributed by atoms with E-state index in [9.17, 15) is 14.4 Å². The number of nitrogens with zero attached hydrogens (tertiary/aromatic N) is 3. The molecule has 2 bridgehead atoms. The molecule has 0 unspecified atom stereocenters. The predicted molar refractivity (Wildman–Crippen MR) is 119 cm³/mol. The number of amidine groups is 1. The Morgan fingerprint density at radius 3 is 2.60 bits per heavy atom. The summed E-state index contributed by atoms with van der Waals surface area (Å²) in [6, 6.07) is 18.1. The Balaban J connectivity index is 1.36. The van der Waals surface area contributed by atoms with E-state index in [1.807, 2.05) is 48.5 Å². The van der Waals surface area contributed by atoms with E-state index in [4.69, 9.17) is 4.74 Å². The zero-order valence-corrected chi connectivity index (χ0v) is 17.5. The average molecular weight is 424 g/mol. The van der Waals surface area contributed by atoms with Gasteiger partial charge in [-0.1, -0.05) is 41.1 Å². The molecule has 2 aromatic carbocycles. The van der Waals surface area contributed by atoms with Gasteiger partial charge in [0.05, 0.1) is 22.8 Å². The lowest BCUT2D eigenvalue weighted by Crippen LogP contribution is -2.62. The standard InChI is InChI=1S/C23H25N3O3S/c24-15-18-3-1-2-4-21(18)17-5-7-20(8-6-17)29-16-23-11-9-19(10-12-23)26-13-14-30(27,28)25-22(23)26/h1-8,19,27-28H,9-14,16H2. The van der Waals surface area contributed by atoms with E-state index in [0.29, 0.717) is 30.5 Å². The van der Waals surface area contributed by atoms with Crippen LogP contribution in [0, 0.1) is 16.7 Å². The van der Waals surface area contributed by atoms with Crippen LogP contribution in [0.1, 0.15) is 31.2 Å². The van der Waals surface area contributed by atoms with Crippen molar-refractivity contribution in [1.82, 2.24) is 4.90 Å². The molecule has 1 aliphatic carbocycles. The number of ether oxygens (including phenoxy) is 1. The molecular weight excluding hydrogens is 398 g/mol. The fourth-order valence-electron chi connectivity index (χ4n) is 5.00. The number of nitriles is 1. The minimum absolute atomic E-state index is 0.245. The second kappa shape index (κ2) is 7.31. The van der Waals surface area contributed by atoms with Crippen LogP contribution < -0.4 is 4.74 Å². The van der Waals surface area contributed by atoms with Crippen LogP contribution in [0.5, 0.6) is 5.75 Å². The van der Waals surface area contributed by atoms with Gasteiger partial charge in [-0.3, -0.25) is 9.11 Å². The van der Waals surface area contributed by atoms with Gasteiger partial charge in [0, 0.05) is 12.6 Å². The molecule has 0 amide bonds. The molecule has 6 nitrogen and oxygen atoms in total. The number of piperidine rings is 2. The summed E-state index contributed by atoms with van der Waals surface area (Å²) in [7, 11) is -2.88. The molecule has 2 aromatic rings. The molecule has 0 radical (unpaired) electrons. The van der Waals surface area contributed by atoms with E-state index in [1.54, 1.807) is 0 Å². The second-order valence-corrected chi connectivity index (χ2v) is 10.3. The average Bonchev–Trinajstić information content (AvgIpc) is 2.78. The van der Waals surface area contributed by atoms with Crippen LogP contribution in [0.4, 0.5) is 0 Å². The normalized spacial score (nSPS) is 27.6. The summed E-state index contributed by atoms with van der Waals surface area (Å²) in [5, 5.41) is 9.33. The molecule has 0 aromatic heterocycles. The smallest absolute Gasteiger partial charge is 0.134 e. The summed E-state index contributed by atoms with van der Waals surface area (Å²) in [6.45, 7) is 1.15. The van der Waals surface area contributed by atoms with Gasteiger partial charge in [-0.2, -0.15) is 5.26 Å². The molecular formula is C23H25N3O3S. The Kier molecular flexibility index (Phi) is 4.73. The highest BCUT2D eigenvalue weighted by Crippen LogP contribution is 2.53. The van der Waals surface area contributed by atoms with E-state index in [0.717, 1.165) is 48.4 Å². The van der Waals surface area contributed by atoms with Crippen LogP contribution >= 0.6 is 10.8 Å². The summed E-state index contributed by atoms with van der Waals surface area (Å²) >= 11 is 0. The number of hydrogen-bond donors (Lipinski definition) is 2. The van der Waals surface area contributed by atoms with Crippen molar-refractivity contribution in [2.45, 2.75) is 31.7 Å². The third-order valence-electron chi connectivity index (χ3n) is 6.67. The van der Waals surface area contributed by atoms with Gasteiger partial charge in [0.15, 0.2) is 0 Å². The van der Waals surface area contributed by atoms with Crippen molar-refractivity contribution < 1.29 is 13.8 Å². The van der Waals surface area contributed by atoms with Crippen LogP contribution in [-0.4, -0.2) is 44.8 Å². The Bertz CT molecular complexity index is 1020. The van der Waals surface area contributed by atoms with E-state index in [2.05, 4.69) is 15.4 Å². The molecule has 7 heteroatoms. The number of benzene rings is 2. The molecule has 2 saturated heterocycles. The predicted octanol–water partition coefficient (Wildman–Crippen LogP) is 4.93. The van der Waals surface area contributed by atoms with Crippen molar-refractivity contribution in [3.8, 4) is 22.9 Å². The molecule has 4 aliphatic rings. The highest BCUT2D eigenvalue weighted by atomic mass is 32.3. The summed E-state index contributed by atoms with van der Waals surface area (Å²) in [6.07, 6.45) is 4.14. The topological polar surface area (TPSA) is 89.1 Å². The fourth-order valence-corrected chi connectivity index (χ4v) is 6.11. The van der Waals surface area contributed by atoms with Crippen molar-refractivity contribution in [3.05, 3.63) is 54.1 Å². The first-order valence-corrected chi connectivity index (χ1v) is 12.0. The van der Waals surface area contributed by atoms with Crippen LogP contribution in [0.3, 0.4) is 0 Å². The number of rotatable bonds is 4. The fraction of sp³-hybridized carbons (Fsp3) is 0.391. The van der Waals surface area contributed by atoms with Crippen LogP contribution in [0.25, 0.3) is 11.1 Å². The molecule has 3 heterocycles. The number of fused-ring (bicyclic) bond motifs is 2. The van der Waals surface area contributed by atoms with Crippen molar-refractivity contribution in [1.29, 1.82) is 5.26 Å². The van der Waals surface area contributed by atoms with Gasteiger partial charge in [0.2, 0.25) is 0 Å². The van der Waals surface area contributed by atoms with Gasteiger partial charge >= 0.3 is 0 Å². The van der Waals surface area contributed by atoms with E-state index in [1.165, 1.54) is 0 Å². The van der Waals surface area contributed by atoms with Crippen LogP contribution in [0.15, 0.2) is 52.9 Å². The van der Waals surface area contributed by atoms with Gasteiger partial charge in [-0.15, -0.1) is 4.40 Å². The lowest BCUT2D eigenvalue weighted by molar-refractivity contribution is 0.0651. The minimum Gasteiger partial charge on any atom is -0.493 e. The highest BCUT2D eigenvalue weighted by Gasteiger charge is 2.52. The minimum atomic E-state index is -2.88. The lowest BCUT2D eigenvalue weighted by Gasteiger charge is -2.56. The summed E-state index contributed by atoms with van der Waals surface area (Å²) in [5.41, 5.74) is 2.30. The summed E-state index contributed by atoms with van der Waals surface area (Å²) in [4.78, 5) is 2.29. The quantitative estimate of drug-likeness (QED) is 0.728.